The van der Waals surface area contributed by atoms with Crippen molar-refractivity contribution < 1.29 is 14.6 Å². The average molecular weight is 416 g/mol. The fraction of sp³-hybridized carbons (Fsp3) is 0.208. The summed E-state index contributed by atoms with van der Waals surface area (Å²) in [4.78, 5) is 19.3. The summed E-state index contributed by atoms with van der Waals surface area (Å²) in [6, 6.07) is 16.3. The van der Waals surface area contributed by atoms with Crippen molar-refractivity contribution in [1.82, 2.24) is 9.99 Å². The molecule has 7 heteroatoms. The van der Waals surface area contributed by atoms with E-state index in [9.17, 15) is 9.90 Å². The molecule has 1 N–H and O–H groups in total. The lowest BCUT2D eigenvalue weighted by Crippen LogP contribution is -2.27. The highest BCUT2D eigenvalue weighted by molar-refractivity contribution is 6.05. The minimum Gasteiger partial charge on any atom is -0.504 e. The molecule has 2 heterocycles. The zero-order valence-corrected chi connectivity index (χ0v) is 17.7. The van der Waals surface area contributed by atoms with Gasteiger partial charge in [-0.15, -0.1) is 0 Å². The second-order valence-electron chi connectivity index (χ2n) is 7.52. The van der Waals surface area contributed by atoms with Gasteiger partial charge in [-0.05, 0) is 48.0 Å². The number of nitrogens with zero attached hydrogens (tertiary/aromatic N) is 4. The van der Waals surface area contributed by atoms with Crippen LogP contribution in [0.2, 0.25) is 0 Å². The van der Waals surface area contributed by atoms with Crippen molar-refractivity contribution in [3.63, 3.8) is 0 Å². The molecule has 0 saturated heterocycles. The zero-order valence-electron chi connectivity index (χ0n) is 17.7. The van der Waals surface area contributed by atoms with Gasteiger partial charge in [-0.1, -0.05) is 12.1 Å². The number of pyridine rings is 1. The van der Waals surface area contributed by atoms with E-state index in [4.69, 9.17) is 4.74 Å². The van der Waals surface area contributed by atoms with Crippen molar-refractivity contribution in [3.05, 3.63) is 83.7 Å². The van der Waals surface area contributed by atoms with E-state index in [-0.39, 0.29) is 17.7 Å². The fourth-order valence-corrected chi connectivity index (χ4v) is 3.61. The van der Waals surface area contributed by atoms with Gasteiger partial charge in [0.1, 0.15) is 0 Å². The van der Waals surface area contributed by atoms with E-state index in [0.717, 1.165) is 22.5 Å². The highest BCUT2D eigenvalue weighted by atomic mass is 16.5. The number of hydrazone groups is 1. The number of anilines is 1. The van der Waals surface area contributed by atoms with Crippen LogP contribution in [0.25, 0.3) is 0 Å². The maximum atomic E-state index is 13.3. The highest BCUT2D eigenvalue weighted by Gasteiger charge is 2.34. The number of rotatable bonds is 5. The Morgan fingerprint density at radius 2 is 1.81 bits per heavy atom. The maximum Gasteiger partial charge on any atom is 0.274 e. The molecule has 0 bridgehead atoms. The second kappa shape index (κ2) is 8.47. The molecule has 0 fully saturated rings. The van der Waals surface area contributed by atoms with Crippen LogP contribution in [0.1, 0.15) is 33.9 Å². The third kappa shape index (κ3) is 4.07. The quantitative estimate of drug-likeness (QED) is 0.684. The predicted octanol–water partition coefficient (Wildman–Crippen LogP) is 3.85. The van der Waals surface area contributed by atoms with Gasteiger partial charge in [0.2, 0.25) is 0 Å². The molecule has 2 aromatic carbocycles. The Balaban J connectivity index is 1.72. The second-order valence-corrected chi connectivity index (χ2v) is 7.52. The number of ether oxygens (including phenoxy) is 1. The first-order valence-corrected chi connectivity index (χ1v) is 9.93. The van der Waals surface area contributed by atoms with Crippen LogP contribution in [0.15, 0.2) is 72.1 Å². The van der Waals surface area contributed by atoms with Gasteiger partial charge < -0.3 is 14.7 Å². The van der Waals surface area contributed by atoms with Crippen molar-refractivity contribution >= 4 is 17.3 Å². The molecular weight excluding hydrogens is 392 g/mol. The number of aromatic hydroxyl groups is 1. The summed E-state index contributed by atoms with van der Waals surface area (Å²) in [7, 11) is 5.48. The van der Waals surface area contributed by atoms with E-state index in [0.29, 0.717) is 17.7 Å². The van der Waals surface area contributed by atoms with Crippen molar-refractivity contribution in [2.24, 2.45) is 5.10 Å². The number of aromatic nitrogens is 1. The summed E-state index contributed by atoms with van der Waals surface area (Å²) < 4.78 is 5.24. The largest absolute Gasteiger partial charge is 0.504 e. The minimum absolute atomic E-state index is 0.0605. The van der Waals surface area contributed by atoms with Gasteiger partial charge >= 0.3 is 0 Å². The van der Waals surface area contributed by atoms with Gasteiger partial charge in [0.15, 0.2) is 11.5 Å². The Morgan fingerprint density at radius 3 is 2.45 bits per heavy atom. The van der Waals surface area contributed by atoms with Crippen LogP contribution < -0.4 is 9.64 Å². The third-order valence-corrected chi connectivity index (χ3v) is 5.35. The van der Waals surface area contributed by atoms with Crippen LogP contribution in [0.4, 0.5) is 5.69 Å². The number of benzene rings is 2. The molecular formula is C24H24N4O3. The van der Waals surface area contributed by atoms with Gasteiger partial charge in [-0.3, -0.25) is 9.78 Å². The molecule has 4 rings (SSSR count). The Labute approximate surface area is 181 Å². The van der Waals surface area contributed by atoms with Crippen molar-refractivity contribution in [3.8, 4) is 11.5 Å². The molecule has 1 unspecified atom stereocenters. The first-order valence-electron chi connectivity index (χ1n) is 9.93. The molecule has 1 atom stereocenters. The Hall–Kier alpha value is -3.87. The summed E-state index contributed by atoms with van der Waals surface area (Å²) in [5, 5.41) is 16.2. The molecule has 1 aliphatic rings. The smallest absolute Gasteiger partial charge is 0.274 e. The lowest BCUT2D eigenvalue weighted by Gasteiger charge is -2.23. The molecule has 1 aromatic heterocycles. The van der Waals surface area contributed by atoms with E-state index in [1.54, 1.807) is 42.7 Å². The topological polar surface area (TPSA) is 78.3 Å². The molecule has 31 heavy (non-hydrogen) atoms. The summed E-state index contributed by atoms with van der Waals surface area (Å²) in [5.74, 6) is 0.237. The summed E-state index contributed by atoms with van der Waals surface area (Å²) >= 11 is 0. The number of methoxy groups -OCH3 is 1. The number of carbonyl (C=O) groups is 1. The molecule has 1 aliphatic heterocycles. The summed E-state index contributed by atoms with van der Waals surface area (Å²) in [6.07, 6.45) is 3.74. The molecule has 158 valence electrons. The molecule has 3 aromatic rings. The average Bonchev–Trinajstić information content (AvgIpc) is 3.25. The van der Waals surface area contributed by atoms with Crippen LogP contribution in [0.3, 0.4) is 0 Å². The third-order valence-electron chi connectivity index (χ3n) is 5.35. The highest BCUT2D eigenvalue weighted by Crippen LogP contribution is 2.36. The van der Waals surface area contributed by atoms with Crippen LogP contribution in [0, 0.1) is 0 Å². The van der Waals surface area contributed by atoms with Crippen molar-refractivity contribution in [2.75, 3.05) is 26.1 Å². The minimum atomic E-state index is -0.244. The Bertz CT molecular complexity index is 1110. The number of carbonyl (C=O) groups excluding carboxylic acids is 1. The molecule has 0 aliphatic carbocycles. The van der Waals surface area contributed by atoms with Crippen LogP contribution in [0.5, 0.6) is 11.5 Å². The Morgan fingerprint density at radius 1 is 1.10 bits per heavy atom. The van der Waals surface area contributed by atoms with Gasteiger partial charge in [-0.25, -0.2) is 5.01 Å². The molecule has 0 spiro atoms. The monoisotopic (exact) mass is 416 g/mol. The number of hydrogen-bond acceptors (Lipinski definition) is 6. The lowest BCUT2D eigenvalue weighted by atomic mass is 9.97. The standard InChI is InChI=1S/C24H24N4O3/c1-27(2)19-7-4-16(5-8-19)21-15-20(18-6-9-22(29)23(14-18)31-3)26-28(21)24(30)17-10-12-25-13-11-17/h4-14,21,29H,15H2,1-3H3. The van der Waals surface area contributed by atoms with Gasteiger partial charge in [0.25, 0.3) is 5.91 Å². The molecule has 0 radical (unpaired) electrons. The van der Waals surface area contributed by atoms with E-state index >= 15 is 0 Å². The first kappa shape index (κ1) is 20.4. The fourth-order valence-electron chi connectivity index (χ4n) is 3.61. The van der Waals surface area contributed by atoms with E-state index in [2.05, 4.69) is 10.1 Å². The molecule has 7 nitrogen and oxygen atoms in total. The van der Waals surface area contributed by atoms with Gasteiger partial charge in [0, 0.05) is 49.7 Å². The number of phenols is 1. The van der Waals surface area contributed by atoms with E-state index in [1.165, 1.54) is 12.1 Å². The van der Waals surface area contributed by atoms with Crippen LogP contribution >= 0.6 is 0 Å². The van der Waals surface area contributed by atoms with Crippen molar-refractivity contribution in [2.45, 2.75) is 12.5 Å². The van der Waals surface area contributed by atoms with Crippen LogP contribution in [-0.4, -0.2) is 47.9 Å². The SMILES string of the molecule is COc1cc(C2=NN(C(=O)c3ccncc3)C(c3ccc(N(C)C)cc3)C2)ccc1O. The summed E-state index contributed by atoms with van der Waals surface area (Å²) in [6.45, 7) is 0. The summed E-state index contributed by atoms with van der Waals surface area (Å²) in [5.41, 5.74) is 4.16. The van der Waals surface area contributed by atoms with E-state index in [1.807, 2.05) is 43.3 Å². The van der Waals surface area contributed by atoms with Gasteiger partial charge in [-0.2, -0.15) is 5.10 Å². The van der Waals surface area contributed by atoms with Gasteiger partial charge in [0.05, 0.1) is 18.9 Å². The maximum absolute atomic E-state index is 13.3. The molecule has 0 saturated carbocycles. The number of amides is 1. The predicted molar refractivity (Wildman–Crippen MR) is 120 cm³/mol. The first-order chi connectivity index (χ1) is 15.0. The van der Waals surface area contributed by atoms with E-state index < -0.39 is 0 Å². The van der Waals surface area contributed by atoms with Crippen molar-refractivity contribution in [1.29, 1.82) is 0 Å². The lowest BCUT2D eigenvalue weighted by molar-refractivity contribution is 0.0711. The Kier molecular flexibility index (Phi) is 5.58. The normalized spacial score (nSPS) is 15.5. The molecule has 1 amide bonds. The van der Waals surface area contributed by atoms with Crippen LogP contribution in [-0.2, 0) is 0 Å². The number of phenolic OH excluding ortho intramolecular Hbond substituents is 1. The number of hydrogen-bond donors (Lipinski definition) is 1. The zero-order chi connectivity index (χ0) is 22.0.